The normalized spacial score (nSPS) is 11.9. The molecular weight excluding hydrogens is 274 g/mol. The highest BCUT2D eigenvalue weighted by molar-refractivity contribution is 6.83. The van der Waals surface area contributed by atoms with Crippen LogP contribution in [0.1, 0.15) is 33.3 Å². The molecule has 0 fully saturated rings. The van der Waals surface area contributed by atoms with Crippen molar-refractivity contribution < 1.29 is 0 Å². The molecule has 1 aromatic rings. The molecule has 114 valence electrons. The van der Waals surface area contributed by atoms with Crippen LogP contribution in [0.3, 0.4) is 0 Å². The zero-order valence-electron chi connectivity index (χ0n) is 14.3. The van der Waals surface area contributed by atoms with Gasteiger partial charge in [-0.3, -0.25) is 5.01 Å². The Hall–Kier alpha value is -1.60. The largest absolute Gasteiger partial charge is 0.273 e. The zero-order chi connectivity index (χ0) is 16.0. The Balaban J connectivity index is 2.81. The van der Waals surface area contributed by atoms with Crippen molar-refractivity contribution in [2.75, 3.05) is 0 Å². The van der Waals surface area contributed by atoms with Gasteiger partial charge < -0.3 is 0 Å². The van der Waals surface area contributed by atoms with E-state index in [1.165, 1.54) is 0 Å². The summed E-state index contributed by atoms with van der Waals surface area (Å²) in [5.74, 6) is 3.24. The van der Waals surface area contributed by atoms with Crippen LogP contribution in [0.25, 0.3) is 0 Å². The predicted molar refractivity (Wildman–Crippen MR) is 93.3 cm³/mol. The highest BCUT2D eigenvalue weighted by Gasteiger charge is 2.10. The standard InChI is InChI=1S/C17H27N3Si/c1-14(2)20(15(3)4)19-18-17-10-8-16(9-11-17)12-13-21(5,6)7/h8-11,14-15H,1-7H3. The molecule has 0 amide bonds. The molecule has 0 bridgehead atoms. The summed E-state index contributed by atoms with van der Waals surface area (Å²) in [7, 11) is -1.32. The average Bonchev–Trinajstić information content (AvgIpc) is 2.36. The Morgan fingerprint density at radius 3 is 1.90 bits per heavy atom. The van der Waals surface area contributed by atoms with Gasteiger partial charge in [-0.25, -0.2) is 0 Å². The van der Waals surface area contributed by atoms with Crippen LogP contribution in [0.4, 0.5) is 5.69 Å². The minimum atomic E-state index is -1.32. The summed E-state index contributed by atoms with van der Waals surface area (Å²) in [5.41, 5.74) is 5.27. The SMILES string of the molecule is CC(C)N(N=Nc1ccc(C#C[Si](C)(C)C)cc1)C(C)C. The van der Waals surface area contributed by atoms with E-state index in [9.17, 15) is 0 Å². The molecule has 0 aromatic heterocycles. The number of hydrogen-bond acceptors (Lipinski definition) is 2. The molecule has 3 nitrogen and oxygen atoms in total. The molecular formula is C17H27N3Si. The van der Waals surface area contributed by atoms with Crippen molar-refractivity contribution in [1.82, 2.24) is 5.01 Å². The van der Waals surface area contributed by atoms with E-state index >= 15 is 0 Å². The molecule has 0 spiro atoms. The number of benzene rings is 1. The van der Waals surface area contributed by atoms with Gasteiger partial charge in [0.25, 0.3) is 0 Å². The van der Waals surface area contributed by atoms with E-state index in [4.69, 9.17) is 0 Å². The number of hydrogen-bond donors (Lipinski definition) is 0. The predicted octanol–water partition coefficient (Wildman–Crippen LogP) is 5.03. The highest BCUT2D eigenvalue weighted by atomic mass is 28.3. The zero-order valence-corrected chi connectivity index (χ0v) is 15.3. The molecule has 0 saturated carbocycles. The van der Waals surface area contributed by atoms with E-state index in [-0.39, 0.29) is 0 Å². The smallest absolute Gasteiger partial charge is 0.129 e. The van der Waals surface area contributed by atoms with Crippen LogP contribution in [-0.4, -0.2) is 25.2 Å². The van der Waals surface area contributed by atoms with Crippen LogP contribution >= 0.6 is 0 Å². The Bertz CT molecular complexity index is 520. The van der Waals surface area contributed by atoms with Gasteiger partial charge >= 0.3 is 0 Å². The first-order valence-electron chi connectivity index (χ1n) is 7.52. The lowest BCUT2D eigenvalue weighted by molar-refractivity contribution is 0.169. The van der Waals surface area contributed by atoms with Gasteiger partial charge in [-0.2, -0.15) is 0 Å². The Morgan fingerprint density at radius 2 is 1.48 bits per heavy atom. The van der Waals surface area contributed by atoms with E-state index < -0.39 is 8.07 Å². The topological polar surface area (TPSA) is 28.0 Å². The quantitative estimate of drug-likeness (QED) is 0.331. The van der Waals surface area contributed by atoms with Crippen LogP contribution < -0.4 is 0 Å². The molecule has 4 heteroatoms. The average molecular weight is 302 g/mol. The second kappa shape index (κ2) is 7.42. The summed E-state index contributed by atoms with van der Waals surface area (Å²) in [6, 6.07) is 8.64. The van der Waals surface area contributed by atoms with E-state index in [0.717, 1.165) is 11.3 Å². The molecule has 0 unspecified atom stereocenters. The summed E-state index contributed by atoms with van der Waals surface area (Å²) in [6.45, 7) is 15.2. The van der Waals surface area contributed by atoms with E-state index in [1.54, 1.807) is 0 Å². The summed E-state index contributed by atoms with van der Waals surface area (Å²) in [4.78, 5) is 0. The van der Waals surface area contributed by atoms with Gasteiger partial charge in [-0.1, -0.05) is 30.8 Å². The summed E-state index contributed by atoms with van der Waals surface area (Å²) in [5, 5.41) is 10.6. The number of nitrogens with zero attached hydrogens (tertiary/aromatic N) is 3. The van der Waals surface area contributed by atoms with Crippen LogP contribution in [0.2, 0.25) is 19.6 Å². The van der Waals surface area contributed by atoms with Crippen LogP contribution in [0, 0.1) is 11.5 Å². The Kier molecular flexibility index (Phi) is 6.16. The fraction of sp³-hybridized carbons (Fsp3) is 0.529. The maximum absolute atomic E-state index is 4.34. The lowest BCUT2D eigenvalue weighted by Gasteiger charge is -2.25. The van der Waals surface area contributed by atoms with Gasteiger partial charge in [-0.15, -0.1) is 10.7 Å². The molecule has 1 rings (SSSR count). The third-order valence-electron chi connectivity index (χ3n) is 2.77. The molecule has 0 radical (unpaired) electrons. The molecule has 21 heavy (non-hydrogen) atoms. The summed E-state index contributed by atoms with van der Waals surface area (Å²) >= 11 is 0. The van der Waals surface area contributed by atoms with Gasteiger partial charge in [-0.05, 0) is 52.0 Å². The molecule has 0 aliphatic rings. The first-order valence-corrected chi connectivity index (χ1v) is 11.0. The molecule has 1 aromatic carbocycles. The second-order valence-electron chi connectivity index (χ2n) is 6.80. The fourth-order valence-corrected chi connectivity index (χ4v) is 2.30. The Labute approximate surface area is 130 Å². The second-order valence-corrected chi connectivity index (χ2v) is 11.6. The minimum absolute atomic E-state index is 0.343. The molecule has 0 aliphatic carbocycles. The molecule has 0 atom stereocenters. The third kappa shape index (κ3) is 6.59. The van der Waals surface area contributed by atoms with Crippen LogP contribution in [-0.2, 0) is 0 Å². The molecule has 0 saturated heterocycles. The summed E-state index contributed by atoms with van der Waals surface area (Å²) in [6.07, 6.45) is 0. The number of rotatable bonds is 4. The van der Waals surface area contributed by atoms with Gasteiger partial charge in [0.1, 0.15) is 8.07 Å². The van der Waals surface area contributed by atoms with Crippen molar-refractivity contribution in [3.8, 4) is 11.5 Å². The maximum atomic E-state index is 4.34. The maximum Gasteiger partial charge on any atom is 0.129 e. The van der Waals surface area contributed by atoms with Crippen molar-refractivity contribution >= 4 is 13.8 Å². The molecule has 0 aliphatic heterocycles. The van der Waals surface area contributed by atoms with Gasteiger partial charge in [0, 0.05) is 17.6 Å². The monoisotopic (exact) mass is 301 g/mol. The molecule has 0 N–H and O–H groups in total. The van der Waals surface area contributed by atoms with Gasteiger partial charge in [0.05, 0.1) is 5.69 Å². The van der Waals surface area contributed by atoms with Crippen molar-refractivity contribution in [2.24, 2.45) is 10.3 Å². The van der Waals surface area contributed by atoms with Gasteiger partial charge in [0.2, 0.25) is 0 Å². The third-order valence-corrected chi connectivity index (χ3v) is 3.65. The minimum Gasteiger partial charge on any atom is -0.273 e. The lowest BCUT2D eigenvalue weighted by Crippen LogP contribution is -2.31. The van der Waals surface area contributed by atoms with Crippen molar-refractivity contribution in [2.45, 2.75) is 59.4 Å². The first-order chi connectivity index (χ1) is 9.69. The molecule has 0 heterocycles. The van der Waals surface area contributed by atoms with E-state index in [0.29, 0.717) is 12.1 Å². The van der Waals surface area contributed by atoms with Crippen LogP contribution in [0.5, 0.6) is 0 Å². The van der Waals surface area contributed by atoms with Crippen molar-refractivity contribution in [3.05, 3.63) is 29.8 Å². The first kappa shape index (κ1) is 17.4. The fourth-order valence-electron chi connectivity index (χ4n) is 1.78. The van der Waals surface area contributed by atoms with Crippen molar-refractivity contribution in [1.29, 1.82) is 0 Å². The van der Waals surface area contributed by atoms with Gasteiger partial charge in [0.15, 0.2) is 0 Å². The lowest BCUT2D eigenvalue weighted by atomic mass is 10.2. The van der Waals surface area contributed by atoms with E-state index in [1.807, 2.05) is 29.3 Å². The Morgan fingerprint density at radius 1 is 0.952 bits per heavy atom. The van der Waals surface area contributed by atoms with Crippen LogP contribution in [0.15, 0.2) is 34.6 Å². The van der Waals surface area contributed by atoms with E-state index in [2.05, 4.69) is 69.1 Å². The van der Waals surface area contributed by atoms with Crippen molar-refractivity contribution in [3.63, 3.8) is 0 Å². The highest BCUT2D eigenvalue weighted by Crippen LogP contribution is 2.15. The summed E-state index contributed by atoms with van der Waals surface area (Å²) < 4.78 is 0.